The largest absolute Gasteiger partial charge is 0.355 e. The number of hydrogen-bond acceptors (Lipinski definition) is 6. The van der Waals surface area contributed by atoms with Crippen LogP contribution in [0.25, 0.3) is 5.78 Å². The zero-order valence-electron chi connectivity index (χ0n) is 11.3. The second kappa shape index (κ2) is 5.19. The van der Waals surface area contributed by atoms with Crippen LogP contribution in [0, 0.1) is 17.0 Å². The van der Waals surface area contributed by atoms with Gasteiger partial charge in [0.15, 0.2) is 0 Å². The molecule has 22 heavy (non-hydrogen) atoms. The fourth-order valence-electron chi connectivity index (χ4n) is 2.18. The maximum Gasteiger partial charge on any atom is 0.355 e. The highest BCUT2D eigenvalue weighted by Gasteiger charge is 2.24. The highest BCUT2D eigenvalue weighted by Crippen LogP contribution is 2.16. The van der Waals surface area contributed by atoms with Gasteiger partial charge in [0, 0.05) is 6.20 Å². The lowest BCUT2D eigenvalue weighted by atomic mass is 10.2. The summed E-state index contributed by atoms with van der Waals surface area (Å²) in [5.41, 5.74) is -0.374. The van der Waals surface area contributed by atoms with E-state index in [9.17, 15) is 14.9 Å². The molecule has 3 heterocycles. The summed E-state index contributed by atoms with van der Waals surface area (Å²) in [6.45, 7) is 1.75. The van der Waals surface area contributed by atoms with Crippen LogP contribution in [0.5, 0.6) is 0 Å². The summed E-state index contributed by atoms with van der Waals surface area (Å²) < 4.78 is 2.45. The van der Waals surface area contributed by atoms with Gasteiger partial charge in [-0.05, 0) is 18.6 Å². The standard InChI is InChI=1S/C12H9ClN6O3/c1-7-10(19(21)22)11(20)18-12(15-6-16-18)17(7)5-8-2-3-9(13)14-4-8/h2-4,6H,5H2,1H3. The van der Waals surface area contributed by atoms with Gasteiger partial charge in [0.2, 0.25) is 5.78 Å². The Balaban J connectivity index is 2.24. The monoisotopic (exact) mass is 320 g/mol. The van der Waals surface area contributed by atoms with Crippen molar-refractivity contribution >= 4 is 23.1 Å². The summed E-state index contributed by atoms with van der Waals surface area (Å²) in [6.07, 6.45) is 2.73. The van der Waals surface area contributed by atoms with Gasteiger partial charge in [-0.25, -0.2) is 4.98 Å². The Labute approximate surface area is 128 Å². The topological polar surface area (TPSA) is 108 Å². The van der Waals surface area contributed by atoms with Gasteiger partial charge in [0.05, 0.1) is 11.5 Å². The number of nitro groups is 1. The van der Waals surface area contributed by atoms with Crippen molar-refractivity contribution in [1.82, 2.24) is 24.1 Å². The van der Waals surface area contributed by atoms with E-state index in [1.807, 2.05) is 0 Å². The SMILES string of the molecule is Cc1c([N+](=O)[O-])c(=O)n2ncnc2n1Cc1ccc(Cl)nc1. The van der Waals surface area contributed by atoms with E-state index in [-0.39, 0.29) is 18.0 Å². The maximum atomic E-state index is 12.1. The van der Waals surface area contributed by atoms with Crippen molar-refractivity contribution in [1.29, 1.82) is 0 Å². The van der Waals surface area contributed by atoms with Crippen LogP contribution in [0.4, 0.5) is 5.69 Å². The average Bonchev–Trinajstić information content (AvgIpc) is 2.95. The second-order valence-electron chi connectivity index (χ2n) is 4.54. The smallest absolute Gasteiger partial charge is 0.303 e. The Kier molecular flexibility index (Phi) is 3.33. The molecule has 0 amide bonds. The molecule has 0 radical (unpaired) electrons. The molecule has 3 aromatic rings. The van der Waals surface area contributed by atoms with Crippen molar-refractivity contribution in [2.75, 3.05) is 0 Å². The van der Waals surface area contributed by atoms with Crippen molar-refractivity contribution in [3.05, 3.63) is 61.5 Å². The fourth-order valence-corrected chi connectivity index (χ4v) is 2.29. The lowest BCUT2D eigenvalue weighted by molar-refractivity contribution is -0.387. The van der Waals surface area contributed by atoms with Crippen LogP contribution in [0.2, 0.25) is 5.15 Å². The summed E-state index contributed by atoms with van der Waals surface area (Å²) in [4.78, 5) is 30.5. The molecule has 0 atom stereocenters. The zero-order valence-corrected chi connectivity index (χ0v) is 12.1. The average molecular weight is 321 g/mol. The minimum absolute atomic E-state index is 0.199. The summed E-state index contributed by atoms with van der Waals surface area (Å²) in [5.74, 6) is 0.225. The first-order valence-electron chi connectivity index (χ1n) is 6.17. The van der Waals surface area contributed by atoms with E-state index in [4.69, 9.17) is 11.6 Å². The van der Waals surface area contributed by atoms with E-state index >= 15 is 0 Å². The molecule has 0 spiro atoms. The van der Waals surface area contributed by atoms with Crippen molar-refractivity contribution in [2.24, 2.45) is 0 Å². The molecule has 0 unspecified atom stereocenters. The Hall–Kier alpha value is -2.81. The van der Waals surface area contributed by atoms with Crippen LogP contribution in [-0.4, -0.2) is 29.1 Å². The van der Waals surface area contributed by atoms with Gasteiger partial charge in [-0.3, -0.25) is 14.9 Å². The third kappa shape index (κ3) is 2.21. The molecule has 0 saturated heterocycles. The van der Waals surface area contributed by atoms with E-state index in [0.717, 1.165) is 10.1 Å². The summed E-state index contributed by atoms with van der Waals surface area (Å²) >= 11 is 5.74. The molecule has 0 saturated carbocycles. The van der Waals surface area contributed by atoms with Crippen molar-refractivity contribution in [3.63, 3.8) is 0 Å². The molecule has 0 fully saturated rings. The molecule has 3 rings (SSSR count). The van der Waals surface area contributed by atoms with Crippen LogP contribution in [-0.2, 0) is 6.54 Å². The van der Waals surface area contributed by atoms with Crippen LogP contribution >= 0.6 is 11.6 Å². The van der Waals surface area contributed by atoms with Gasteiger partial charge in [-0.15, -0.1) is 5.10 Å². The highest BCUT2D eigenvalue weighted by atomic mass is 35.5. The van der Waals surface area contributed by atoms with Gasteiger partial charge in [-0.1, -0.05) is 17.7 Å². The van der Waals surface area contributed by atoms with Gasteiger partial charge < -0.3 is 4.57 Å². The van der Waals surface area contributed by atoms with Gasteiger partial charge >= 0.3 is 11.2 Å². The molecule has 3 aromatic heterocycles. The molecular formula is C12H9ClN6O3. The van der Waals surface area contributed by atoms with E-state index in [2.05, 4.69) is 15.1 Å². The fraction of sp³-hybridized carbons (Fsp3) is 0.167. The third-order valence-corrected chi connectivity index (χ3v) is 3.45. The molecular weight excluding hydrogens is 312 g/mol. The van der Waals surface area contributed by atoms with E-state index in [1.165, 1.54) is 17.8 Å². The van der Waals surface area contributed by atoms with E-state index in [1.54, 1.807) is 18.3 Å². The van der Waals surface area contributed by atoms with Gasteiger partial charge in [-0.2, -0.15) is 9.50 Å². The number of nitrogens with zero attached hydrogens (tertiary/aromatic N) is 6. The predicted octanol–water partition coefficient (Wildman–Crippen LogP) is 1.20. The molecule has 0 aromatic carbocycles. The van der Waals surface area contributed by atoms with E-state index < -0.39 is 16.2 Å². The van der Waals surface area contributed by atoms with Crippen LogP contribution in [0.3, 0.4) is 0 Å². The molecule has 10 heteroatoms. The Morgan fingerprint density at radius 2 is 2.14 bits per heavy atom. The Morgan fingerprint density at radius 3 is 2.77 bits per heavy atom. The molecule has 0 aliphatic heterocycles. The first-order chi connectivity index (χ1) is 10.5. The summed E-state index contributed by atoms with van der Waals surface area (Å²) in [6, 6.07) is 3.36. The van der Waals surface area contributed by atoms with E-state index in [0.29, 0.717) is 5.15 Å². The van der Waals surface area contributed by atoms with Crippen molar-refractivity contribution < 1.29 is 4.92 Å². The number of fused-ring (bicyclic) bond motifs is 1. The van der Waals surface area contributed by atoms with Crippen LogP contribution < -0.4 is 5.56 Å². The minimum atomic E-state index is -0.805. The molecule has 9 nitrogen and oxygen atoms in total. The number of aromatic nitrogens is 5. The van der Waals surface area contributed by atoms with Crippen LogP contribution in [0.1, 0.15) is 11.3 Å². The number of halogens is 1. The number of pyridine rings is 1. The Bertz CT molecular complexity index is 930. The number of rotatable bonds is 3. The Morgan fingerprint density at radius 1 is 1.36 bits per heavy atom. The molecule has 0 bridgehead atoms. The van der Waals surface area contributed by atoms with Crippen LogP contribution in [0.15, 0.2) is 29.5 Å². The summed E-state index contributed by atoms with van der Waals surface area (Å²) in [7, 11) is 0. The summed E-state index contributed by atoms with van der Waals surface area (Å²) in [5, 5.41) is 15.3. The first-order valence-corrected chi connectivity index (χ1v) is 6.55. The lowest BCUT2D eigenvalue weighted by Gasteiger charge is -2.11. The van der Waals surface area contributed by atoms with Gasteiger partial charge in [0.1, 0.15) is 17.2 Å². The second-order valence-corrected chi connectivity index (χ2v) is 4.93. The molecule has 0 aliphatic carbocycles. The quantitative estimate of drug-likeness (QED) is 0.407. The highest BCUT2D eigenvalue weighted by molar-refractivity contribution is 6.29. The third-order valence-electron chi connectivity index (χ3n) is 3.23. The molecule has 0 N–H and O–H groups in total. The first kappa shape index (κ1) is 14.1. The maximum absolute atomic E-state index is 12.1. The molecule has 112 valence electrons. The van der Waals surface area contributed by atoms with Crippen molar-refractivity contribution in [2.45, 2.75) is 13.5 Å². The lowest BCUT2D eigenvalue weighted by Crippen LogP contribution is -2.25. The molecule has 0 aliphatic rings. The predicted molar refractivity (Wildman–Crippen MR) is 77.0 cm³/mol. The zero-order chi connectivity index (χ0) is 15.9. The number of hydrogen-bond donors (Lipinski definition) is 0. The van der Waals surface area contributed by atoms with Crippen molar-refractivity contribution in [3.8, 4) is 0 Å². The minimum Gasteiger partial charge on any atom is -0.303 e. The normalized spacial score (nSPS) is 11.0. The van der Waals surface area contributed by atoms with Gasteiger partial charge in [0.25, 0.3) is 0 Å².